The molecule has 146 valence electrons. The van der Waals surface area contributed by atoms with Crippen LogP contribution in [0.15, 0.2) is 24.3 Å². The van der Waals surface area contributed by atoms with E-state index in [1.165, 1.54) is 18.2 Å². The molecule has 3 rings (SSSR count). The van der Waals surface area contributed by atoms with Crippen molar-refractivity contribution in [3.8, 4) is 5.75 Å². The topological polar surface area (TPSA) is 87.7 Å². The van der Waals surface area contributed by atoms with Crippen LogP contribution in [0.3, 0.4) is 0 Å². The fraction of sp³-hybridized carbons (Fsp3) is 0.471. The minimum Gasteiger partial charge on any atom is -0.405 e. The summed E-state index contributed by atoms with van der Waals surface area (Å²) in [5.41, 5.74) is -0.881. The number of amides is 4. The summed E-state index contributed by atoms with van der Waals surface area (Å²) >= 11 is 0. The van der Waals surface area contributed by atoms with Crippen molar-refractivity contribution in [2.75, 3.05) is 6.54 Å². The van der Waals surface area contributed by atoms with Gasteiger partial charge >= 0.3 is 12.4 Å². The number of hydrogen-bond donors (Lipinski definition) is 2. The number of rotatable bonds is 6. The van der Waals surface area contributed by atoms with E-state index in [4.69, 9.17) is 0 Å². The average Bonchev–Trinajstić information content (AvgIpc) is 3.39. The number of nitrogens with zero attached hydrogens (tertiary/aromatic N) is 1. The van der Waals surface area contributed by atoms with Crippen LogP contribution < -0.4 is 15.4 Å². The first-order chi connectivity index (χ1) is 12.6. The summed E-state index contributed by atoms with van der Waals surface area (Å²) in [5.74, 6) is -1.50. The monoisotopic (exact) mass is 385 g/mol. The van der Waals surface area contributed by atoms with E-state index in [1.54, 1.807) is 6.92 Å². The summed E-state index contributed by atoms with van der Waals surface area (Å²) in [4.78, 5) is 37.4. The third kappa shape index (κ3) is 4.15. The first kappa shape index (κ1) is 19.0. The second-order valence-electron chi connectivity index (χ2n) is 6.73. The predicted molar refractivity (Wildman–Crippen MR) is 86.3 cm³/mol. The quantitative estimate of drug-likeness (QED) is 0.733. The van der Waals surface area contributed by atoms with E-state index < -0.39 is 42.0 Å². The van der Waals surface area contributed by atoms with Gasteiger partial charge in [-0.15, -0.1) is 13.2 Å². The molecule has 1 saturated heterocycles. The van der Waals surface area contributed by atoms with Gasteiger partial charge in [0, 0.05) is 12.1 Å². The van der Waals surface area contributed by atoms with E-state index >= 15 is 0 Å². The van der Waals surface area contributed by atoms with Crippen LogP contribution in [0.1, 0.15) is 25.3 Å². The van der Waals surface area contributed by atoms with Crippen LogP contribution in [-0.2, 0) is 16.1 Å². The first-order valence-corrected chi connectivity index (χ1v) is 8.34. The molecule has 2 N–H and O–H groups in total. The molecule has 1 unspecified atom stereocenters. The van der Waals surface area contributed by atoms with Gasteiger partial charge < -0.3 is 15.4 Å². The van der Waals surface area contributed by atoms with Gasteiger partial charge in [0.15, 0.2) is 0 Å². The maximum Gasteiger partial charge on any atom is 0.573 e. The first-order valence-electron chi connectivity index (χ1n) is 8.34. The van der Waals surface area contributed by atoms with Crippen molar-refractivity contribution in [3.63, 3.8) is 0 Å². The molecule has 1 aromatic carbocycles. The van der Waals surface area contributed by atoms with Crippen molar-refractivity contribution in [2.45, 2.75) is 38.2 Å². The Morgan fingerprint density at radius 2 is 2.00 bits per heavy atom. The van der Waals surface area contributed by atoms with Crippen LogP contribution in [0.25, 0.3) is 0 Å². The molecular weight excluding hydrogens is 367 g/mol. The van der Waals surface area contributed by atoms with Crippen LogP contribution in [0.5, 0.6) is 5.75 Å². The highest BCUT2D eigenvalue weighted by atomic mass is 19.4. The molecule has 1 saturated carbocycles. The summed E-state index contributed by atoms with van der Waals surface area (Å²) in [6, 6.07) is 4.74. The zero-order chi connectivity index (χ0) is 19.8. The highest BCUT2D eigenvalue weighted by molar-refractivity contribution is 6.09. The van der Waals surface area contributed by atoms with Crippen LogP contribution in [-0.4, -0.2) is 41.2 Å². The summed E-state index contributed by atoms with van der Waals surface area (Å²) in [6.45, 7) is 0.886. The maximum absolute atomic E-state index is 12.5. The van der Waals surface area contributed by atoms with Crippen molar-refractivity contribution < 1.29 is 32.3 Å². The zero-order valence-electron chi connectivity index (χ0n) is 14.4. The number of carbonyl (C=O) groups excluding carboxylic acids is 3. The third-order valence-corrected chi connectivity index (χ3v) is 4.67. The second kappa shape index (κ2) is 6.75. The van der Waals surface area contributed by atoms with Crippen molar-refractivity contribution in [3.05, 3.63) is 29.8 Å². The molecule has 2 fully saturated rings. The van der Waals surface area contributed by atoms with Crippen molar-refractivity contribution in [1.29, 1.82) is 0 Å². The normalized spacial score (nSPS) is 22.6. The summed E-state index contributed by atoms with van der Waals surface area (Å²) in [7, 11) is 0. The molecule has 0 spiro atoms. The molecule has 0 aromatic heterocycles. The molecule has 1 aliphatic carbocycles. The Balaban J connectivity index is 1.59. The van der Waals surface area contributed by atoms with Crippen LogP contribution in [0.4, 0.5) is 18.0 Å². The summed E-state index contributed by atoms with van der Waals surface area (Å²) < 4.78 is 41.2. The number of nitrogens with one attached hydrogen (secondary N) is 2. The summed E-state index contributed by atoms with van der Waals surface area (Å²) in [5, 5.41) is 5.02. The Bertz CT molecular complexity index is 779. The van der Waals surface area contributed by atoms with Gasteiger partial charge in [0.1, 0.15) is 17.8 Å². The Labute approximate surface area is 152 Å². The maximum atomic E-state index is 12.5. The molecular formula is C17H18F3N3O4. The lowest BCUT2D eigenvalue weighted by molar-refractivity contribution is -0.274. The molecule has 27 heavy (non-hydrogen) atoms. The number of benzene rings is 1. The minimum absolute atomic E-state index is 0.0633. The average molecular weight is 385 g/mol. The lowest BCUT2D eigenvalue weighted by Gasteiger charge is -2.20. The van der Waals surface area contributed by atoms with E-state index in [2.05, 4.69) is 15.4 Å². The molecule has 10 heteroatoms. The number of para-hydroxylation sites is 1. The molecule has 4 amide bonds. The van der Waals surface area contributed by atoms with Gasteiger partial charge in [-0.2, -0.15) is 0 Å². The zero-order valence-corrected chi connectivity index (χ0v) is 14.4. The lowest BCUT2D eigenvalue weighted by atomic mass is 9.96. The predicted octanol–water partition coefficient (Wildman–Crippen LogP) is 1.92. The van der Waals surface area contributed by atoms with E-state index in [-0.39, 0.29) is 18.0 Å². The standard InChI is InChI=1S/C17H18F3N3O4/c1-16(11-6-7-11)14(25)23(15(26)22-16)9-13(24)21-8-10-4-2-3-5-12(10)27-17(18,19)20/h2-5,11H,6-9H2,1H3,(H,21,24)(H,22,26). The highest BCUT2D eigenvalue weighted by Gasteiger charge is 2.56. The SMILES string of the molecule is CC1(C2CC2)NC(=O)N(CC(=O)NCc2ccccc2OC(F)(F)F)C1=O. The molecule has 1 aliphatic heterocycles. The fourth-order valence-electron chi connectivity index (χ4n) is 3.06. The molecule has 2 aliphatic rings. The van der Waals surface area contributed by atoms with E-state index in [1.807, 2.05) is 0 Å². The van der Waals surface area contributed by atoms with Crippen molar-refractivity contribution >= 4 is 17.8 Å². The van der Waals surface area contributed by atoms with Gasteiger partial charge in [-0.3, -0.25) is 14.5 Å². The van der Waals surface area contributed by atoms with Gasteiger partial charge in [0.25, 0.3) is 5.91 Å². The number of alkyl halides is 3. The molecule has 0 radical (unpaired) electrons. The Morgan fingerprint density at radius 3 is 2.63 bits per heavy atom. The third-order valence-electron chi connectivity index (χ3n) is 4.67. The van der Waals surface area contributed by atoms with E-state index in [0.29, 0.717) is 0 Å². The Hall–Kier alpha value is -2.78. The highest BCUT2D eigenvalue weighted by Crippen LogP contribution is 2.42. The number of urea groups is 1. The lowest BCUT2D eigenvalue weighted by Crippen LogP contribution is -2.46. The fourth-order valence-corrected chi connectivity index (χ4v) is 3.06. The van der Waals surface area contributed by atoms with Gasteiger partial charge in [-0.1, -0.05) is 18.2 Å². The van der Waals surface area contributed by atoms with Gasteiger partial charge in [-0.05, 0) is 31.7 Å². The van der Waals surface area contributed by atoms with Crippen LogP contribution in [0, 0.1) is 5.92 Å². The van der Waals surface area contributed by atoms with Gasteiger partial charge in [0.2, 0.25) is 5.91 Å². The number of ether oxygens (including phenoxy) is 1. The molecule has 1 aromatic rings. The molecule has 1 heterocycles. The van der Waals surface area contributed by atoms with E-state index in [9.17, 15) is 27.6 Å². The van der Waals surface area contributed by atoms with Crippen molar-refractivity contribution in [1.82, 2.24) is 15.5 Å². The van der Waals surface area contributed by atoms with Gasteiger partial charge in [-0.25, -0.2) is 4.79 Å². The van der Waals surface area contributed by atoms with Crippen LogP contribution in [0.2, 0.25) is 0 Å². The van der Waals surface area contributed by atoms with Gasteiger partial charge in [0.05, 0.1) is 0 Å². The molecule has 7 nitrogen and oxygen atoms in total. The smallest absolute Gasteiger partial charge is 0.405 e. The number of carbonyl (C=O) groups is 3. The Kier molecular flexibility index (Phi) is 4.75. The van der Waals surface area contributed by atoms with E-state index in [0.717, 1.165) is 23.8 Å². The number of halogens is 3. The summed E-state index contributed by atoms with van der Waals surface area (Å²) in [6.07, 6.45) is -3.19. The second-order valence-corrected chi connectivity index (χ2v) is 6.73. The Morgan fingerprint density at radius 1 is 1.33 bits per heavy atom. The van der Waals surface area contributed by atoms with Crippen molar-refractivity contribution in [2.24, 2.45) is 5.92 Å². The molecule has 0 bridgehead atoms. The number of hydrogen-bond acceptors (Lipinski definition) is 4. The largest absolute Gasteiger partial charge is 0.573 e. The van der Waals surface area contributed by atoms with Crippen LogP contribution >= 0.6 is 0 Å². The molecule has 1 atom stereocenters. The number of imide groups is 1. The minimum atomic E-state index is -4.85.